The second-order valence-corrected chi connectivity index (χ2v) is 11.5. The Morgan fingerprint density at radius 1 is 1.17 bits per heavy atom. The first-order valence-corrected chi connectivity index (χ1v) is 14.3. The predicted octanol–water partition coefficient (Wildman–Crippen LogP) is 5.10. The van der Waals surface area contributed by atoms with Gasteiger partial charge in [0.05, 0.1) is 35.7 Å². The number of rotatable bonds is 7. The zero-order valence-electron chi connectivity index (χ0n) is 23.7. The second kappa shape index (κ2) is 11.0. The van der Waals surface area contributed by atoms with E-state index in [1.165, 1.54) is 19.4 Å². The number of amides is 2. The fraction of sp³-hybridized carbons (Fsp3) is 0.400. The molecule has 0 unspecified atom stereocenters. The van der Waals surface area contributed by atoms with Crippen LogP contribution in [0.1, 0.15) is 58.4 Å². The number of piperidine rings is 1. The summed E-state index contributed by atoms with van der Waals surface area (Å²) in [6.45, 7) is 1.74. The lowest BCUT2D eigenvalue weighted by atomic mass is 9.72. The summed E-state index contributed by atoms with van der Waals surface area (Å²) in [5.74, 6) is -0.659. The van der Waals surface area contributed by atoms with Gasteiger partial charge in [0.15, 0.2) is 0 Å². The number of anilines is 2. The normalized spacial score (nSPS) is 18.0. The molecule has 10 nitrogen and oxygen atoms in total. The minimum Gasteiger partial charge on any atom is -0.495 e. The Kier molecular flexibility index (Phi) is 7.40. The molecule has 1 saturated carbocycles. The summed E-state index contributed by atoms with van der Waals surface area (Å²) >= 11 is 6.38. The molecule has 2 aromatic carbocycles. The monoisotopic (exact) mass is 594 g/mol. The van der Waals surface area contributed by atoms with E-state index in [-0.39, 0.29) is 51.3 Å². The van der Waals surface area contributed by atoms with Crippen LogP contribution in [0.2, 0.25) is 5.02 Å². The number of benzene rings is 2. The molecule has 1 aromatic heterocycles. The van der Waals surface area contributed by atoms with Gasteiger partial charge < -0.3 is 29.9 Å². The van der Waals surface area contributed by atoms with Crippen LogP contribution in [0.3, 0.4) is 0 Å². The number of ether oxygens (including phenoxy) is 2. The Bertz CT molecular complexity index is 1560. The molecule has 0 atom stereocenters. The molecule has 3 aliphatic rings. The van der Waals surface area contributed by atoms with E-state index in [4.69, 9.17) is 21.1 Å². The van der Waals surface area contributed by atoms with Crippen molar-refractivity contribution in [2.75, 3.05) is 39.6 Å². The number of nitrogens with one attached hydrogen (secondary N) is 2. The third-order valence-electron chi connectivity index (χ3n) is 8.62. The fourth-order valence-corrected chi connectivity index (χ4v) is 6.13. The maximum atomic E-state index is 15.2. The van der Waals surface area contributed by atoms with Crippen LogP contribution in [0.5, 0.6) is 17.4 Å². The van der Waals surface area contributed by atoms with E-state index in [0.29, 0.717) is 11.3 Å². The lowest BCUT2D eigenvalue weighted by Crippen LogP contribution is -2.46. The van der Waals surface area contributed by atoms with Crippen LogP contribution in [0, 0.1) is 5.82 Å². The van der Waals surface area contributed by atoms with Gasteiger partial charge in [-0.05, 0) is 69.9 Å². The first kappa shape index (κ1) is 28.2. The molecule has 12 heteroatoms. The van der Waals surface area contributed by atoms with Gasteiger partial charge in [-0.2, -0.15) is 4.98 Å². The van der Waals surface area contributed by atoms with Crippen molar-refractivity contribution < 1.29 is 23.5 Å². The van der Waals surface area contributed by atoms with E-state index < -0.39 is 11.7 Å². The second-order valence-electron chi connectivity index (χ2n) is 11.1. The summed E-state index contributed by atoms with van der Waals surface area (Å²) in [5, 5.41) is 5.99. The number of fused-ring (bicyclic) bond motifs is 2. The maximum absolute atomic E-state index is 15.2. The van der Waals surface area contributed by atoms with Crippen molar-refractivity contribution in [2.24, 2.45) is 0 Å². The molecular formula is C30H32ClFN6O4. The smallest absolute Gasteiger partial charge is 0.258 e. The Labute approximate surface area is 248 Å². The first-order chi connectivity index (χ1) is 20.2. The van der Waals surface area contributed by atoms with Crippen LogP contribution >= 0.6 is 11.6 Å². The number of nitrogens with zero attached hydrogens (tertiary/aromatic N) is 4. The summed E-state index contributed by atoms with van der Waals surface area (Å²) in [4.78, 5) is 38.6. The standard InChI is InChI=1S/C30H32ClFN6O4/c1-37-12-8-17(9-13-37)34-26(39)18-14-24(41-3)22(15-21(18)32)35-29-33-16-20(31)27(36-29)42-23-7-4-6-19-25(23)28(40)38(2)30(19)10-5-11-30/h4,6-7,14-17H,5,8-13H2,1-3H3,(H,34,39)(H,33,35,36). The summed E-state index contributed by atoms with van der Waals surface area (Å²) in [7, 11) is 5.28. The van der Waals surface area contributed by atoms with Gasteiger partial charge in [-0.25, -0.2) is 9.37 Å². The van der Waals surface area contributed by atoms with E-state index in [9.17, 15) is 9.59 Å². The summed E-state index contributed by atoms with van der Waals surface area (Å²) in [6.07, 6.45) is 5.83. The number of likely N-dealkylation sites (tertiary alicyclic amines) is 1. The Balaban J connectivity index is 1.23. The lowest BCUT2D eigenvalue weighted by molar-refractivity contribution is 0.0378. The van der Waals surface area contributed by atoms with Crippen LogP contribution in [-0.4, -0.2) is 71.9 Å². The average molecular weight is 595 g/mol. The van der Waals surface area contributed by atoms with E-state index in [2.05, 4.69) is 25.5 Å². The number of carbonyl (C=O) groups excluding carboxylic acids is 2. The number of halogens is 2. The fourth-order valence-electron chi connectivity index (χ4n) is 6.00. The third-order valence-corrected chi connectivity index (χ3v) is 8.88. The van der Waals surface area contributed by atoms with Crippen molar-refractivity contribution >= 4 is 35.1 Å². The molecule has 1 saturated heterocycles. The predicted molar refractivity (Wildman–Crippen MR) is 155 cm³/mol. The molecule has 3 aromatic rings. The number of methoxy groups -OCH3 is 1. The zero-order chi connectivity index (χ0) is 29.6. The molecule has 2 N–H and O–H groups in total. The van der Waals surface area contributed by atoms with Crippen molar-refractivity contribution in [1.29, 1.82) is 0 Å². The van der Waals surface area contributed by atoms with Crippen molar-refractivity contribution in [2.45, 2.75) is 43.7 Å². The summed E-state index contributed by atoms with van der Waals surface area (Å²) in [6, 6.07) is 8.03. The van der Waals surface area contributed by atoms with Gasteiger partial charge in [-0.3, -0.25) is 9.59 Å². The van der Waals surface area contributed by atoms with Crippen LogP contribution in [0.25, 0.3) is 0 Å². The highest BCUT2D eigenvalue weighted by Gasteiger charge is 2.52. The quantitative estimate of drug-likeness (QED) is 0.389. The Morgan fingerprint density at radius 2 is 1.93 bits per heavy atom. The number of hydrogen-bond donors (Lipinski definition) is 2. The molecule has 0 radical (unpaired) electrons. The molecule has 2 amide bonds. The first-order valence-electron chi connectivity index (χ1n) is 14.0. The highest BCUT2D eigenvalue weighted by atomic mass is 35.5. The van der Waals surface area contributed by atoms with Gasteiger partial charge >= 0.3 is 0 Å². The summed E-state index contributed by atoms with van der Waals surface area (Å²) in [5.41, 5.74) is 1.26. The van der Waals surface area contributed by atoms with E-state index in [1.54, 1.807) is 11.0 Å². The molecule has 2 aliphatic heterocycles. The van der Waals surface area contributed by atoms with E-state index in [1.807, 2.05) is 26.2 Å². The van der Waals surface area contributed by atoms with Crippen molar-refractivity contribution in [3.05, 3.63) is 64.1 Å². The number of carbonyl (C=O) groups is 2. The minimum atomic E-state index is -0.721. The Hall–Kier alpha value is -3.96. The van der Waals surface area contributed by atoms with Gasteiger partial charge in [0.1, 0.15) is 22.3 Å². The van der Waals surface area contributed by atoms with Gasteiger partial charge in [0, 0.05) is 19.2 Å². The number of aromatic nitrogens is 2. The van der Waals surface area contributed by atoms with Gasteiger partial charge in [-0.15, -0.1) is 0 Å². The van der Waals surface area contributed by atoms with Crippen LogP contribution < -0.4 is 20.1 Å². The molecule has 1 spiro atoms. The van der Waals surface area contributed by atoms with Crippen molar-refractivity contribution in [3.8, 4) is 17.4 Å². The van der Waals surface area contributed by atoms with Crippen LogP contribution in [-0.2, 0) is 5.54 Å². The minimum absolute atomic E-state index is 0.0152. The van der Waals surface area contributed by atoms with Gasteiger partial charge in [0.2, 0.25) is 11.8 Å². The molecule has 0 bridgehead atoms. The summed E-state index contributed by atoms with van der Waals surface area (Å²) < 4.78 is 26.7. The average Bonchev–Trinajstić information content (AvgIpc) is 3.19. The highest BCUT2D eigenvalue weighted by molar-refractivity contribution is 6.31. The topological polar surface area (TPSA) is 109 Å². The third kappa shape index (κ3) is 4.90. The molecule has 2 fully saturated rings. The molecule has 6 rings (SSSR count). The van der Waals surface area contributed by atoms with Gasteiger partial charge in [-0.1, -0.05) is 23.7 Å². The van der Waals surface area contributed by atoms with E-state index >= 15 is 4.39 Å². The molecule has 220 valence electrons. The van der Waals surface area contributed by atoms with E-state index in [0.717, 1.165) is 56.8 Å². The van der Waals surface area contributed by atoms with Crippen molar-refractivity contribution in [3.63, 3.8) is 0 Å². The molecule has 1 aliphatic carbocycles. The largest absolute Gasteiger partial charge is 0.495 e. The molecule has 42 heavy (non-hydrogen) atoms. The lowest BCUT2D eigenvalue weighted by Gasteiger charge is -2.44. The molecular weight excluding hydrogens is 563 g/mol. The SMILES string of the molecule is COc1cc(C(=O)NC2CCN(C)CC2)c(F)cc1Nc1ncc(Cl)c(Oc2cccc3c2C(=O)N(C)C32CCC2)n1. The number of hydrogen-bond acceptors (Lipinski definition) is 8. The van der Waals surface area contributed by atoms with Gasteiger partial charge in [0.25, 0.3) is 11.8 Å². The molecule has 3 heterocycles. The van der Waals surface area contributed by atoms with Crippen LogP contribution in [0.15, 0.2) is 36.5 Å². The zero-order valence-corrected chi connectivity index (χ0v) is 24.4. The Morgan fingerprint density at radius 3 is 2.62 bits per heavy atom. The van der Waals surface area contributed by atoms with Crippen molar-refractivity contribution in [1.82, 2.24) is 25.1 Å². The maximum Gasteiger partial charge on any atom is 0.258 e. The van der Waals surface area contributed by atoms with Crippen LogP contribution in [0.4, 0.5) is 16.0 Å². The highest BCUT2D eigenvalue weighted by Crippen LogP contribution is 2.53.